The quantitative estimate of drug-likeness (QED) is 0.670. The smallest absolute Gasteiger partial charge is 0.302 e. The summed E-state index contributed by atoms with van der Waals surface area (Å²) >= 11 is 0. The van der Waals surface area contributed by atoms with Crippen LogP contribution >= 0.6 is 0 Å². The van der Waals surface area contributed by atoms with E-state index >= 15 is 0 Å². The molecule has 0 unspecified atom stereocenters. The Morgan fingerprint density at radius 1 is 1.36 bits per heavy atom. The number of hydrogen-bond acceptors (Lipinski definition) is 2. The Labute approximate surface area is 81.2 Å². The zero-order chi connectivity index (χ0) is 10.1. The molecule has 74 valence electrons. The summed E-state index contributed by atoms with van der Waals surface area (Å²) in [5, 5.41) is 4.04. The number of rotatable bonds is 2. The Balaban J connectivity index is 2.27. The highest BCUT2D eigenvalue weighted by Crippen LogP contribution is 1.98. The van der Waals surface area contributed by atoms with E-state index in [1.807, 2.05) is 13.2 Å². The van der Waals surface area contributed by atoms with E-state index in [-0.39, 0.29) is 5.69 Å². The van der Waals surface area contributed by atoms with E-state index in [4.69, 9.17) is 0 Å². The molecule has 0 amide bonds. The summed E-state index contributed by atoms with van der Waals surface area (Å²) in [5.41, 5.74) is 1.02. The Kier molecular flexibility index (Phi) is 1.99. The number of nitrogens with zero attached hydrogens (tertiary/aromatic N) is 4. The third-order valence-corrected chi connectivity index (χ3v) is 2.13. The summed E-state index contributed by atoms with van der Waals surface area (Å²) < 4.78 is 4.93. The Morgan fingerprint density at radius 2 is 2.14 bits per heavy atom. The lowest BCUT2D eigenvalue weighted by atomic mass is 10.3. The number of imidazole rings is 1. The first-order chi connectivity index (χ1) is 6.66. The maximum Gasteiger partial charge on any atom is 0.328 e. The largest absolute Gasteiger partial charge is 0.328 e. The molecule has 0 aliphatic heterocycles. The van der Waals surface area contributed by atoms with Crippen molar-refractivity contribution in [2.24, 2.45) is 14.1 Å². The molecular weight excluding hydrogens is 180 g/mol. The van der Waals surface area contributed by atoms with E-state index in [1.165, 1.54) is 0 Å². The molecule has 0 atom stereocenters. The fourth-order valence-electron chi connectivity index (χ4n) is 1.38. The molecule has 14 heavy (non-hydrogen) atoms. The van der Waals surface area contributed by atoms with Crippen molar-refractivity contribution in [3.63, 3.8) is 0 Å². The Hall–Kier alpha value is -1.78. The predicted molar refractivity (Wildman–Crippen MR) is 52.0 cm³/mol. The number of aromatic nitrogens is 4. The van der Waals surface area contributed by atoms with Gasteiger partial charge in [0.2, 0.25) is 0 Å². The van der Waals surface area contributed by atoms with Crippen molar-refractivity contribution >= 4 is 0 Å². The minimum Gasteiger partial charge on any atom is -0.302 e. The molecular formula is C9H12N4O. The van der Waals surface area contributed by atoms with E-state index in [1.54, 1.807) is 39.5 Å². The van der Waals surface area contributed by atoms with Crippen LogP contribution in [0.5, 0.6) is 0 Å². The van der Waals surface area contributed by atoms with Crippen molar-refractivity contribution in [1.82, 2.24) is 18.9 Å². The molecule has 0 aromatic carbocycles. The molecule has 0 aliphatic rings. The monoisotopic (exact) mass is 192 g/mol. The lowest BCUT2D eigenvalue weighted by Gasteiger charge is -1.96. The van der Waals surface area contributed by atoms with Crippen molar-refractivity contribution in [3.8, 4) is 0 Å². The maximum absolute atomic E-state index is 11.5. The van der Waals surface area contributed by atoms with E-state index in [0.717, 1.165) is 5.56 Å². The minimum atomic E-state index is -0.00569. The van der Waals surface area contributed by atoms with Crippen LogP contribution in [0.2, 0.25) is 0 Å². The normalized spacial score (nSPS) is 10.7. The summed E-state index contributed by atoms with van der Waals surface area (Å²) in [6.07, 6.45) is 7.19. The van der Waals surface area contributed by atoms with Crippen molar-refractivity contribution in [1.29, 1.82) is 0 Å². The molecule has 0 saturated heterocycles. The van der Waals surface area contributed by atoms with Gasteiger partial charge >= 0.3 is 5.69 Å². The third-order valence-electron chi connectivity index (χ3n) is 2.13. The molecule has 0 N–H and O–H groups in total. The summed E-state index contributed by atoms with van der Waals surface area (Å²) in [4.78, 5) is 11.5. The van der Waals surface area contributed by atoms with Gasteiger partial charge in [-0.05, 0) is 0 Å². The lowest BCUT2D eigenvalue weighted by Crippen LogP contribution is -2.22. The third kappa shape index (κ3) is 1.48. The van der Waals surface area contributed by atoms with Crippen LogP contribution < -0.4 is 5.69 Å². The first kappa shape index (κ1) is 8.80. The van der Waals surface area contributed by atoms with Gasteiger partial charge in [-0.1, -0.05) is 0 Å². The van der Waals surface area contributed by atoms with Crippen LogP contribution in [0.4, 0.5) is 0 Å². The number of aryl methyl sites for hydroxylation is 2. The van der Waals surface area contributed by atoms with Gasteiger partial charge in [-0.2, -0.15) is 5.10 Å². The highest BCUT2D eigenvalue weighted by atomic mass is 16.1. The van der Waals surface area contributed by atoms with Gasteiger partial charge < -0.3 is 4.57 Å². The summed E-state index contributed by atoms with van der Waals surface area (Å²) in [5.74, 6) is 0. The summed E-state index contributed by atoms with van der Waals surface area (Å²) in [7, 11) is 3.60. The first-order valence-corrected chi connectivity index (χ1v) is 4.36. The zero-order valence-electron chi connectivity index (χ0n) is 8.21. The Bertz CT molecular complexity index is 491. The first-order valence-electron chi connectivity index (χ1n) is 4.36. The molecule has 0 fully saturated rings. The van der Waals surface area contributed by atoms with Crippen LogP contribution in [0.1, 0.15) is 5.56 Å². The standard InChI is InChI=1S/C9H12N4O/c1-11-3-4-13(9(11)14)7-8-5-10-12(2)6-8/h3-6H,7H2,1-2H3. The average Bonchev–Trinajstić information content (AvgIpc) is 2.67. The van der Waals surface area contributed by atoms with Crippen molar-refractivity contribution in [2.45, 2.75) is 6.54 Å². The molecule has 2 heterocycles. The molecule has 0 spiro atoms. The average molecular weight is 192 g/mol. The number of hydrogen-bond donors (Lipinski definition) is 0. The fraction of sp³-hybridized carbons (Fsp3) is 0.333. The summed E-state index contributed by atoms with van der Waals surface area (Å²) in [6.45, 7) is 0.577. The van der Waals surface area contributed by atoms with E-state index in [2.05, 4.69) is 5.10 Å². The molecule has 0 bridgehead atoms. The predicted octanol–water partition coefficient (Wildman–Crippen LogP) is -0.0314. The second-order valence-corrected chi connectivity index (χ2v) is 3.34. The molecule has 5 nitrogen and oxygen atoms in total. The van der Waals surface area contributed by atoms with Crippen LogP contribution in [0.3, 0.4) is 0 Å². The molecule has 2 aromatic heterocycles. The van der Waals surface area contributed by atoms with Crippen LogP contribution in [0, 0.1) is 0 Å². The van der Waals surface area contributed by atoms with E-state index in [9.17, 15) is 4.79 Å². The minimum absolute atomic E-state index is 0.00569. The molecule has 2 aromatic rings. The van der Waals surface area contributed by atoms with Gasteiger partial charge in [-0.3, -0.25) is 9.25 Å². The molecule has 2 rings (SSSR count). The van der Waals surface area contributed by atoms with Gasteiger partial charge in [0.05, 0.1) is 12.7 Å². The molecule has 0 saturated carbocycles. The SMILES string of the molecule is Cn1cc(Cn2ccn(C)c2=O)cn1. The van der Waals surface area contributed by atoms with Crippen LogP contribution in [-0.2, 0) is 20.6 Å². The van der Waals surface area contributed by atoms with E-state index < -0.39 is 0 Å². The van der Waals surface area contributed by atoms with Gasteiger partial charge in [0.1, 0.15) is 0 Å². The highest BCUT2D eigenvalue weighted by Gasteiger charge is 2.01. The van der Waals surface area contributed by atoms with Gasteiger partial charge in [-0.15, -0.1) is 0 Å². The van der Waals surface area contributed by atoms with Gasteiger partial charge in [-0.25, -0.2) is 4.79 Å². The van der Waals surface area contributed by atoms with Gasteiger partial charge in [0, 0.05) is 38.2 Å². The summed E-state index contributed by atoms with van der Waals surface area (Å²) in [6, 6.07) is 0. The van der Waals surface area contributed by atoms with Crippen molar-refractivity contribution in [2.75, 3.05) is 0 Å². The van der Waals surface area contributed by atoms with Crippen molar-refractivity contribution in [3.05, 3.63) is 40.8 Å². The van der Waals surface area contributed by atoms with Crippen LogP contribution in [-0.4, -0.2) is 18.9 Å². The molecule has 5 heteroatoms. The zero-order valence-corrected chi connectivity index (χ0v) is 8.21. The second kappa shape index (κ2) is 3.17. The topological polar surface area (TPSA) is 44.8 Å². The van der Waals surface area contributed by atoms with Crippen molar-refractivity contribution < 1.29 is 0 Å². The van der Waals surface area contributed by atoms with Gasteiger partial charge in [0.25, 0.3) is 0 Å². The van der Waals surface area contributed by atoms with Gasteiger partial charge in [0.15, 0.2) is 0 Å². The van der Waals surface area contributed by atoms with Crippen LogP contribution in [0.25, 0.3) is 0 Å². The molecule has 0 radical (unpaired) electrons. The highest BCUT2D eigenvalue weighted by molar-refractivity contribution is 5.04. The Morgan fingerprint density at radius 3 is 2.64 bits per heavy atom. The second-order valence-electron chi connectivity index (χ2n) is 3.34. The van der Waals surface area contributed by atoms with Crippen LogP contribution in [0.15, 0.2) is 29.6 Å². The lowest BCUT2D eigenvalue weighted by molar-refractivity contribution is 0.715. The molecule has 0 aliphatic carbocycles. The van der Waals surface area contributed by atoms with E-state index in [0.29, 0.717) is 6.54 Å². The fourth-order valence-corrected chi connectivity index (χ4v) is 1.38. The maximum atomic E-state index is 11.5.